The number of carbonyl (C=O) groups excluding carboxylic acids is 1. The van der Waals surface area contributed by atoms with Crippen molar-refractivity contribution in [2.24, 2.45) is 5.92 Å². The molecular weight excluding hydrogens is 378 g/mol. The first-order valence-electron chi connectivity index (χ1n) is 10.8. The molecule has 2 heterocycles. The second-order valence-corrected chi connectivity index (χ2v) is 9.14. The van der Waals surface area contributed by atoms with Crippen LogP contribution in [0.15, 0.2) is 30.5 Å². The molecule has 2 atom stereocenters. The summed E-state index contributed by atoms with van der Waals surface area (Å²) < 4.78 is 0. The van der Waals surface area contributed by atoms with E-state index in [0.29, 0.717) is 6.04 Å². The molecular formula is C24H35N3O3. The maximum atomic E-state index is 12.9. The molecule has 1 aromatic heterocycles. The molecule has 0 saturated heterocycles. The third-order valence-corrected chi connectivity index (χ3v) is 5.93. The topological polar surface area (TPSA) is 68.8 Å². The van der Waals surface area contributed by atoms with Crippen LogP contribution in [0.5, 0.6) is 0 Å². The van der Waals surface area contributed by atoms with Crippen LogP contribution in [0.1, 0.15) is 45.7 Å². The first-order valence-corrected chi connectivity index (χ1v) is 10.8. The molecule has 6 heteroatoms. The van der Waals surface area contributed by atoms with Crippen LogP contribution in [0.25, 0.3) is 16.5 Å². The van der Waals surface area contributed by atoms with Gasteiger partial charge < -0.3 is 9.88 Å². The zero-order valence-corrected chi connectivity index (χ0v) is 19.0. The lowest BCUT2D eigenvalue weighted by atomic mass is 9.79. The van der Waals surface area contributed by atoms with Crippen molar-refractivity contribution in [3.8, 4) is 0 Å². The summed E-state index contributed by atoms with van der Waals surface area (Å²) in [5, 5.41) is 9.24. The minimum Gasteiger partial charge on any atom is -0.361 e. The Balaban J connectivity index is 0.000000377. The molecule has 0 bridgehead atoms. The maximum absolute atomic E-state index is 12.9. The highest BCUT2D eigenvalue weighted by Crippen LogP contribution is 2.40. The molecule has 2 aromatic rings. The Labute approximate surface area is 179 Å². The monoisotopic (exact) mass is 413 g/mol. The van der Waals surface area contributed by atoms with Crippen LogP contribution >= 0.6 is 0 Å². The normalized spacial score (nSPS) is 20.8. The number of aromatic nitrogens is 1. The Morgan fingerprint density at radius 3 is 2.57 bits per heavy atom. The van der Waals surface area contributed by atoms with Gasteiger partial charge in [0, 0.05) is 42.8 Å². The van der Waals surface area contributed by atoms with E-state index in [9.17, 15) is 4.79 Å². The molecule has 6 nitrogen and oxygen atoms in total. The number of H-pyrrole nitrogens is 1. The minimum absolute atomic E-state index is 0.0445. The number of hydrogen-bond acceptors (Lipinski definition) is 4. The van der Waals surface area contributed by atoms with E-state index in [1.165, 1.54) is 27.6 Å². The minimum atomic E-state index is -0.403. The molecule has 164 valence electrons. The third-order valence-electron chi connectivity index (χ3n) is 5.93. The zero-order valence-electron chi connectivity index (χ0n) is 19.0. The Hall–Kier alpha value is -2.15. The predicted molar refractivity (Wildman–Crippen MR) is 121 cm³/mol. The van der Waals surface area contributed by atoms with Gasteiger partial charge in [0.25, 0.3) is 0 Å². The molecule has 1 aliphatic carbocycles. The van der Waals surface area contributed by atoms with Crippen molar-refractivity contribution in [3.05, 3.63) is 41.6 Å². The third kappa shape index (κ3) is 4.46. The van der Waals surface area contributed by atoms with Gasteiger partial charge in [0.1, 0.15) is 0 Å². The number of likely N-dealkylation sites (N-methyl/N-ethyl adjacent to an activating group) is 1. The van der Waals surface area contributed by atoms with Gasteiger partial charge >= 0.3 is 0 Å². The highest BCUT2D eigenvalue weighted by molar-refractivity contribution is 5.99. The lowest BCUT2D eigenvalue weighted by Gasteiger charge is -2.40. The Kier molecular flexibility index (Phi) is 6.70. The maximum Gasteiger partial charge on any atom is 0.230 e. The average molecular weight is 414 g/mol. The van der Waals surface area contributed by atoms with Gasteiger partial charge in [-0.1, -0.05) is 18.2 Å². The molecule has 30 heavy (non-hydrogen) atoms. The quantitative estimate of drug-likeness (QED) is 0.585. The summed E-state index contributed by atoms with van der Waals surface area (Å²) in [6.45, 7) is 11.8. The first kappa shape index (κ1) is 22.5. The summed E-state index contributed by atoms with van der Waals surface area (Å²) in [5.41, 5.74) is 4.81. The number of amides is 1. The van der Waals surface area contributed by atoms with Crippen molar-refractivity contribution in [2.45, 2.75) is 52.7 Å². The summed E-state index contributed by atoms with van der Waals surface area (Å²) in [5.74, 6) is 0.210. The summed E-state index contributed by atoms with van der Waals surface area (Å²) >= 11 is 0. The van der Waals surface area contributed by atoms with E-state index in [-0.39, 0.29) is 11.8 Å². The van der Waals surface area contributed by atoms with E-state index < -0.39 is 5.60 Å². The Bertz CT molecular complexity index is 921. The lowest BCUT2D eigenvalue weighted by Crippen LogP contribution is -2.47. The standard InChI is InChI=1S/C20H25N3O.C4H10O2/c1-4-23(5-2)20(24)14-9-16-15-7-6-8-17-19(15)13(11-21-17)10-18(16)22(3)12-14;1-4(2,3)6-5/h6-9,11,14,18,21H,4-5,10,12H2,1-3H3;5H,1-3H3/t14-,18-;/m1./s1. The van der Waals surface area contributed by atoms with Crippen molar-refractivity contribution >= 4 is 22.4 Å². The fourth-order valence-electron chi connectivity index (χ4n) is 4.38. The smallest absolute Gasteiger partial charge is 0.230 e. The Morgan fingerprint density at radius 1 is 1.30 bits per heavy atom. The SMILES string of the molecule is CC(C)(C)OO.CCN(CC)C(=O)[C@@H]1C=C2c3cccc4[nH]cc(c34)C[C@H]2N(C)C1. The van der Waals surface area contributed by atoms with E-state index >= 15 is 0 Å². The number of rotatable bonds is 3. The van der Waals surface area contributed by atoms with Crippen molar-refractivity contribution in [2.75, 3.05) is 26.7 Å². The summed E-state index contributed by atoms with van der Waals surface area (Å²) in [7, 11) is 2.15. The van der Waals surface area contributed by atoms with Crippen LogP contribution in [-0.4, -0.2) is 64.3 Å². The van der Waals surface area contributed by atoms with Gasteiger partial charge in [-0.25, -0.2) is 4.89 Å². The highest BCUT2D eigenvalue weighted by atomic mass is 17.1. The summed E-state index contributed by atoms with van der Waals surface area (Å²) in [6, 6.07) is 6.82. The summed E-state index contributed by atoms with van der Waals surface area (Å²) in [6.07, 6.45) is 5.41. The largest absolute Gasteiger partial charge is 0.361 e. The molecule has 0 saturated carbocycles. The molecule has 1 amide bonds. The second kappa shape index (κ2) is 8.92. The van der Waals surface area contributed by atoms with Gasteiger partial charge in [0.15, 0.2) is 0 Å². The molecule has 2 N–H and O–H groups in total. The molecule has 0 fully saturated rings. The average Bonchev–Trinajstić information content (AvgIpc) is 3.14. The van der Waals surface area contributed by atoms with Crippen LogP contribution in [0.4, 0.5) is 0 Å². The molecule has 0 radical (unpaired) electrons. The first-order chi connectivity index (χ1) is 14.2. The number of fused-ring (bicyclic) bond motifs is 2. The molecule has 4 rings (SSSR count). The molecule has 0 spiro atoms. The molecule has 2 aliphatic rings. The number of nitrogens with zero attached hydrogens (tertiary/aromatic N) is 2. The van der Waals surface area contributed by atoms with E-state index in [1.807, 2.05) is 4.90 Å². The lowest BCUT2D eigenvalue weighted by molar-refractivity contribution is -0.306. The van der Waals surface area contributed by atoms with Gasteiger partial charge in [-0.15, -0.1) is 0 Å². The van der Waals surface area contributed by atoms with Crippen molar-refractivity contribution < 1.29 is 14.9 Å². The van der Waals surface area contributed by atoms with Crippen molar-refractivity contribution in [1.29, 1.82) is 0 Å². The van der Waals surface area contributed by atoms with Gasteiger partial charge in [0.2, 0.25) is 5.91 Å². The van der Waals surface area contributed by atoms with Gasteiger partial charge in [-0.2, -0.15) is 0 Å². The fraction of sp³-hybridized carbons (Fsp3) is 0.542. The highest BCUT2D eigenvalue weighted by Gasteiger charge is 2.36. The van der Waals surface area contributed by atoms with Crippen molar-refractivity contribution in [1.82, 2.24) is 14.8 Å². The van der Waals surface area contributed by atoms with Crippen molar-refractivity contribution in [3.63, 3.8) is 0 Å². The van der Waals surface area contributed by atoms with E-state index in [2.05, 4.69) is 66.1 Å². The van der Waals surface area contributed by atoms with Gasteiger partial charge in [-0.3, -0.25) is 15.0 Å². The number of carbonyl (C=O) groups is 1. The van der Waals surface area contributed by atoms with Crippen LogP contribution in [0.3, 0.4) is 0 Å². The fourth-order valence-corrected chi connectivity index (χ4v) is 4.38. The molecule has 0 unspecified atom stereocenters. The van der Waals surface area contributed by atoms with Gasteiger partial charge in [0.05, 0.1) is 11.5 Å². The molecule has 1 aromatic carbocycles. The number of nitrogens with one attached hydrogen (secondary N) is 1. The van der Waals surface area contributed by atoms with E-state index in [0.717, 1.165) is 26.1 Å². The predicted octanol–water partition coefficient (Wildman–Crippen LogP) is 4.18. The number of benzene rings is 1. The van der Waals surface area contributed by atoms with E-state index in [1.54, 1.807) is 20.8 Å². The number of hydrogen-bond donors (Lipinski definition) is 2. The Morgan fingerprint density at radius 2 is 1.97 bits per heavy atom. The summed E-state index contributed by atoms with van der Waals surface area (Å²) in [4.78, 5) is 24.5. The second-order valence-electron chi connectivity index (χ2n) is 9.14. The molecule has 1 aliphatic heterocycles. The van der Waals surface area contributed by atoms with Gasteiger partial charge in [-0.05, 0) is 70.9 Å². The number of aromatic amines is 1. The van der Waals surface area contributed by atoms with Crippen LogP contribution < -0.4 is 0 Å². The van der Waals surface area contributed by atoms with E-state index in [4.69, 9.17) is 5.26 Å². The van der Waals surface area contributed by atoms with Crippen LogP contribution in [0, 0.1) is 5.92 Å². The van der Waals surface area contributed by atoms with Crippen LogP contribution in [0.2, 0.25) is 0 Å². The van der Waals surface area contributed by atoms with Crippen LogP contribution in [-0.2, 0) is 16.1 Å². The zero-order chi connectivity index (χ0) is 22.1.